The predicted molar refractivity (Wildman–Crippen MR) is 73.5 cm³/mol. The summed E-state index contributed by atoms with van der Waals surface area (Å²) in [6.45, 7) is 3.99. The van der Waals surface area contributed by atoms with Crippen LogP contribution in [0.15, 0.2) is 24.3 Å². The summed E-state index contributed by atoms with van der Waals surface area (Å²) in [5.41, 5.74) is -0.582. The summed E-state index contributed by atoms with van der Waals surface area (Å²) in [5.74, 6) is -0.190. The Labute approximate surface area is 117 Å². The summed E-state index contributed by atoms with van der Waals surface area (Å²) in [5, 5.41) is 20.7. The van der Waals surface area contributed by atoms with Crippen LogP contribution in [-0.4, -0.2) is 39.0 Å². The SMILES string of the molecule is CC(C)(O)C1CCCN1C(=O)c1ccc([N+](=O)[O-])cc1. The van der Waals surface area contributed by atoms with Crippen LogP contribution in [0.2, 0.25) is 0 Å². The van der Waals surface area contributed by atoms with Gasteiger partial charge < -0.3 is 10.0 Å². The minimum atomic E-state index is -0.951. The fourth-order valence-corrected chi connectivity index (χ4v) is 2.64. The molecule has 6 nitrogen and oxygen atoms in total. The maximum Gasteiger partial charge on any atom is 0.269 e. The van der Waals surface area contributed by atoms with Gasteiger partial charge in [-0.05, 0) is 38.8 Å². The summed E-state index contributed by atoms with van der Waals surface area (Å²) in [4.78, 5) is 24.2. The first-order valence-corrected chi connectivity index (χ1v) is 6.58. The molecule has 0 radical (unpaired) electrons. The van der Waals surface area contributed by atoms with Crippen molar-refractivity contribution in [1.82, 2.24) is 4.90 Å². The topological polar surface area (TPSA) is 83.7 Å². The number of hydrogen-bond donors (Lipinski definition) is 1. The number of nitrogens with zero attached hydrogens (tertiary/aromatic N) is 2. The fraction of sp³-hybridized carbons (Fsp3) is 0.500. The van der Waals surface area contributed by atoms with Crippen molar-refractivity contribution < 1.29 is 14.8 Å². The van der Waals surface area contributed by atoms with Gasteiger partial charge in [0.2, 0.25) is 0 Å². The molecule has 0 saturated carbocycles. The van der Waals surface area contributed by atoms with E-state index >= 15 is 0 Å². The van der Waals surface area contributed by atoms with Gasteiger partial charge in [-0.25, -0.2) is 0 Å². The summed E-state index contributed by atoms with van der Waals surface area (Å²) in [7, 11) is 0. The fourth-order valence-electron chi connectivity index (χ4n) is 2.64. The van der Waals surface area contributed by atoms with E-state index in [9.17, 15) is 20.0 Å². The molecule has 1 N–H and O–H groups in total. The zero-order valence-corrected chi connectivity index (χ0v) is 11.6. The van der Waals surface area contributed by atoms with Crippen LogP contribution < -0.4 is 0 Å². The summed E-state index contributed by atoms with van der Waals surface area (Å²) in [6, 6.07) is 5.34. The lowest BCUT2D eigenvalue weighted by Gasteiger charge is -2.33. The van der Waals surface area contributed by atoms with Gasteiger partial charge in [-0.2, -0.15) is 0 Å². The molecular formula is C14H18N2O4. The number of hydrogen-bond acceptors (Lipinski definition) is 4. The number of non-ortho nitro benzene ring substituents is 1. The van der Waals surface area contributed by atoms with Gasteiger partial charge >= 0.3 is 0 Å². The number of nitro groups is 1. The zero-order valence-electron chi connectivity index (χ0n) is 11.6. The molecule has 108 valence electrons. The largest absolute Gasteiger partial charge is 0.388 e. The van der Waals surface area contributed by atoms with Crippen molar-refractivity contribution in [1.29, 1.82) is 0 Å². The first-order chi connectivity index (χ1) is 9.30. The number of benzene rings is 1. The molecule has 1 aliphatic heterocycles. The van der Waals surface area contributed by atoms with Crippen molar-refractivity contribution >= 4 is 11.6 Å². The van der Waals surface area contributed by atoms with Crippen molar-refractivity contribution in [2.24, 2.45) is 0 Å². The van der Waals surface area contributed by atoms with Crippen LogP contribution in [-0.2, 0) is 0 Å². The van der Waals surface area contributed by atoms with Crippen LogP contribution in [0.4, 0.5) is 5.69 Å². The van der Waals surface area contributed by atoms with E-state index < -0.39 is 10.5 Å². The predicted octanol–water partition coefficient (Wildman–Crippen LogP) is 1.97. The Bertz CT molecular complexity index is 519. The first kappa shape index (κ1) is 14.5. The van der Waals surface area contributed by atoms with E-state index in [1.165, 1.54) is 24.3 Å². The molecule has 20 heavy (non-hydrogen) atoms. The number of carbonyl (C=O) groups is 1. The monoisotopic (exact) mass is 278 g/mol. The highest BCUT2D eigenvalue weighted by atomic mass is 16.6. The number of amides is 1. The van der Waals surface area contributed by atoms with Gasteiger partial charge in [-0.1, -0.05) is 0 Å². The summed E-state index contributed by atoms with van der Waals surface area (Å²) < 4.78 is 0. The van der Waals surface area contributed by atoms with Crippen LogP contribution in [0.3, 0.4) is 0 Å². The molecule has 1 heterocycles. The molecule has 0 aliphatic carbocycles. The van der Waals surface area contributed by atoms with E-state index in [4.69, 9.17) is 0 Å². The van der Waals surface area contributed by atoms with Crippen LogP contribution in [0, 0.1) is 10.1 Å². The minimum absolute atomic E-state index is 0.0398. The highest BCUT2D eigenvalue weighted by Gasteiger charge is 2.38. The average Bonchev–Trinajstić information content (AvgIpc) is 2.87. The van der Waals surface area contributed by atoms with E-state index in [0.717, 1.165) is 12.8 Å². The normalized spacial score (nSPS) is 19.1. The molecule has 0 spiro atoms. The Kier molecular flexibility index (Phi) is 3.76. The molecule has 0 bridgehead atoms. The van der Waals surface area contributed by atoms with Crippen molar-refractivity contribution in [3.63, 3.8) is 0 Å². The maximum absolute atomic E-state index is 12.4. The Morgan fingerprint density at radius 2 is 2.00 bits per heavy atom. The second kappa shape index (κ2) is 5.20. The first-order valence-electron chi connectivity index (χ1n) is 6.58. The quantitative estimate of drug-likeness (QED) is 0.676. The van der Waals surface area contributed by atoms with Gasteiger partial charge in [-0.3, -0.25) is 14.9 Å². The third-order valence-corrected chi connectivity index (χ3v) is 3.65. The van der Waals surface area contributed by atoms with Gasteiger partial charge in [0, 0.05) is 24.2 Å². The standard InChI is InChI=1S/C14H18N2O4/c1-14(2,18)12-4-3-9-15(12)13(17)10-5-7-11(8-6-10)16(19)20/h5-8,12,18H,3-4,9H2,1-2H3. The minimum Gasteiger partial charge on any atom is -0.388 e. The third kappa shape index (κ3) is 2.80. The van der Waals surface area contributed by atoms with E-state index in [-0.39, 0.29) is 17.6 Å². The highest BCUT2D eigenvalue weighted by Crippen LogP contribution is 2.28. The molecule has 1 amide bonds. The molecule has 1 fully saturated rings. The molecule has 1 saturated heterocycles. The molecule has 1 aromatic carbocycles. The molecular weight excluding hydrogens is 260 g/mol. The Hall–Kier alpha value is -1.95. The smallest absolute Gasteiger partial charge is 0.269 e. The number of aliphatic hydroxyl groups is 1. The molecule has 6 heteroatoms. The number of carbonyl (C=O) groups excluding carboxylic acids is 1. The van der Waals surface area contributed by atoms with Crippen LogP contribution in [0.25, 0.3) is 0 Å². The second-order valence-electron chi connectivity index (χ2n) is 5.61. The van der Waals surface area contributed by atoms with Gasteiger partial charge in [-0.15, -0.1) is 0 Å². The van der Waals surface area contributed by atoms with Gasteiger partial charge in [0.05, 0.1) is 16.6 Å². The van der Waals surface area contributed by atoms with Crippen molar-refractivity contribution in [3.05, 3.63) is 39.9 Å². The summed E-state index contributed by atoms with van der Waals surface area (Å²) >= 11 is 0. The summed E-state index contributed by atoms with van der Waals surface area (Å²) in [6.07, 6.45) is 1.62. The van der Waals surface area contributed by atoms with Crippen LogP contribution in [0.5, 0.6) is 0 Å². The molecule has 0 aromatic heterocycles. The van der Waals surface area contributed by atoms with E-state index in [1.54, 1.807) is 18.7 Å². The molecule has 1 atom stereocenters. The number of rotatable bonds is 3. The van der Waals surface area contributed by atoms with Gasteiger partial charge in [0.15, 0.2) is 0 Å². The van der Waals surface area contributed by atoms with Crippen LogP contribution in [0.1, 0.15) is 37.0 Å². The van der Waals surface area contributed by atoms with Crippen molar-refractivity contribution in [2.75, 3.05) is 6.54 Å². The van der Waals surface area contributed by atoms with Crippen LogP contribution >= 0.6 is 0 Å². The Balaban J connectivity index is 2.20. The lowest BCUT2D eigenvalue weighted by molar-refractivity contribution is -0.384. The van der Waals surface area contributed by atoms with E-state index in [1.807, 2.05) is 0 Å². The van der Waals surface area contributed by atoms with E-state index in [0.29, 0.717) is 12.1 Å². The van der Waals surface area contributed by atoms with Gasteiger partial charge in [0.25, 0.3) is 11.6 Å². The zero-order chi connectivity index (χ0) is 14.9. The number of likely N-dealkylation sites (tertiary alicyclic amines) is 1. The van der Waals surface area contributed by atoms with Gasteiger partial charge in [0.1, 0.15) is 0 Å². The lowest BCUT2D eigenvalue weighted by Crippen LogP contribution is -2.48. The van der Waals surface area contributed by atoms with E-state index in [2.05, 4.69) is 0 Å². The molecule has 1 aliphatic rings. The second-order valence-corrected chi connectivity index (χ2v) is 5.61. The lowest BCUT2D eigenvalue weighted by atomic mass is 9.96. The third-order valence-electron chi connectivity index (χ3n) is 3.65. The van der Waals surface area contributed by atoms with Crippen molar-refractivity contribution in [3.8, 4) is 0 Å². The highest BCUT2D eigenvalue weighted by molar-refractivity contribution is 5.94. The van der Waals surface area contributed by atoms with Crippen molar-refractivity contribution in [2.45, 2.75) is 38.3 Å². The maximum atomic E-state index is 12.4. The average molecular weight is 278 g/mol. The molecule has 1 aromatic rings. The Morgan fingerprint density at radius 1 is 1.40 bits per heavy atom. The molecule has 1 unspecified atom stereocenters. The molecule has 2 rings (SSSR count). The Morgan fingerprint density at radius 3 is 2.50 bits per heavy atom. The number of nitro benzene ring substituents is 1.